The molecule has 0 atom stereocenters. The molecule has 2 N–H and O–H groups in total. The number of likely N-dealkylation sites (tertiary alicyclic amines) is 1. The number of hydrogen-bond donors (Lipinski definition) is 2. The molecule has 1 fully saturated rings. The van der Waals surface area contributed by atoms with E-state index < -0.39 is 0 Å². The topological polar surface area (TPSA) is 79.6 Å². The first kappa shape index (κ1) is 24.1. The molecule has 9 heteroatoms. The molecule has 0 unspecified atom stereocenters. The van der Waals surface area contributed by atoms with E-state index in [1.807, 2.05) is 0 Å². The van der Waals surface area contributed by atoms with Crippen LogP contribution in [0.3, 0.4) is 0 Å². The van der Waals surface area contributed by atoms with Crippen LogP contribution in [-0.4, -0.2) is 78.1 Å². The Bertz CT molecular complexity index is 530. The number of nitrogens with zero attached hydrogens (tertiary/aromatic N) is 5. The van der Waals surface area contributed by atoms with Crippen molar-refractivity contribution in [3.05, 3.63) is 12.2 Å². The summed E-state index contributed by atoms with van der Waals surface area (Å²) in [4.78, 5) is 7.25. The second-order valence-electron chi connectivity index (χ2n) is 6.66. The van der Waals surface area contributed by atoms with Crippen LogP contribution >= 0.6 is 24.0 Å². The van der Waals surface area contributed by atoms with E-state index in [1.54, 1.807) is 13.4 Å². The predicted molar refractivity (Wildman–Crippen MR) is 120 cm³/mol. The lowest BCUT2D eigenvalue weighted by Crippen LogP contribution is -2.49. The summed E-state index contributed by atoms with van der Waals surface area (Å²) in [7, 11) is 1.77. The number of aliphatic imine (C=N–C) groups is 1. The lowest BCUT2D eigenvalue weighted by molar-refractivity contribution is 0.155. The molecular weight excluding hydrogens is 457 g/mol. The van der Waals surface area contributed by atoms with Gasteiger partial charge in [-0.25, -0.2) is 0 Å². The van der Waals surface area contributed by atoms with E-state index in [4.69, 9.17) is 9.73 Å². The highest BCUT2D eigenvalue weighted by molar-refractivity contribution is 14.0. The van der Waals surface area contributed by atoms with Crippen LogP contribution in [0.15, 0.2) is 11.3 Å². The molecule has 8 nitrogen and oxygen atoms in total. The molecule has 1 aliphatic rings. The maximum absolute atomic E-state index is 5.14. The molecule has 1 aliphatic heterocycles. The minimum absolute atomic E-state index is 0. The third kappa shape index (κ3) is 8.73. The van der Waals surface area contributed by atoms with Crippen LogP contribution in [0.4, 0.5) is 0 Å². The number of aromatic nitrogens is 3. The highest BCUT2D eigenvalue weighted by atomic mass is 127. The third-order valence-corrected chi connectivity index (χ3v) is 4.72. The second-order valence-corrected chi connectivity index (χ2v) is 6.66. The lowest BCUT2D eigenvalue weighted by Gasteiger charge is -2.33. The Hall–Kier alpha value is -0.940. The van der Waals surface area contributed by atoms with Crippen molar-refractivity contribution < 1.29 is 4.74 Å². The predicted octanol–water partition coefficient (Wildman–Crippen LogP) is 1.51. The Balaban J connectivity index is 0.00000364. The molecule has 0 radical (unpaired) electrons. The van der Waals surface area contributed by atoms with Gasteiger partial charge in [-0.1, -0.05) is 6.92 Å². The SMILES string of the molecule is CCNC(=NCCn1cnnc1CC)NC1CCN(CCCOC)CC1.I. The standard InChI is InChI=1S/C18H35N7O.HI/c1-4-17-23-21-15-25(17)13-9-20-18(19-5-2)22-16-7-11-24(12-8-16)10-6-14-26-3;/h15-16H,4-14H2,1-3H3,(H2,19,20,22);1H. The van der Waals surface area contributed by atoms with E-state index in [2.05, 4.69) is 44.1 Å². The minimum atomic E-state index is 0. The highest BCUT2D eigenvalue weighted by Crippen LogP contribution is 2.10. The Kier molecular flexibility index (Phi) is 12.6. The van der Waals surface area contributed by atoms with Gasteiger partial charge in [0.05, 0.1) is 6.54 Å². The third-order valence-electron chi connectivity index (χ3n) is 4.72. The Morgan fingerprint density at radius 2 is 2.07 bits per heavy atom. The number of nitrogens with one attached hydrogen (secondary N) is 2. The largest absolute Gasteiger partial charge is 0.385 e. The number of halogens is 1. The van der Waals surface area contributed by atoms with E-state index in [9.17, 15) is 0 Å². The van der Waals surface area contributed by atoms with Crippen molar-refractivity contribution in [2.75, 3.05) is 46.4 Å². The summed E-state index contributed by atoms with van der Waals surface area (Å²) in [6, 6.07) is 0.493. The summed E-state index contributed by atoms with van der Waals surface area (Å²) in [5.74, 6) is 1.93. The minimum Gasteiger partial charge on any atom is -0.385 e. The molecule has 0 aliphatic carbocycles. The number of guanidine groups is 1. The molecule has 156 valence electrons. The molecule has 0 bridgehead atoms. The molecule has 27 heavy (non-hydrogen) atoms. The monoisotopic (exact) mass is 493 g/mol. The van der Waals surface area contributed by atoms with Crippen LogP contribution in [0.25, 0.3) is 0 Å². The van der Waals surface area contributed by atoms with Crippen molar-refractivity contribution in [2.24, 2.45) is 4.99 Å². The summed E-state index contributed by atoms with van der Waals surface area (Å²) in [6.45, 7) is 10.9. The number of methoxy groups -OCH3 is 1. The van der Waals surface area contributed by atoms with Gasteiger partial charge >= 0.3 is 0 Å². The fourth-order valence-electron chi connectivity index (χ4n) is 3.26. The first-order valence-electron chi connectivity index (χ1n) is 9.89. The number of hydrogen-bond acceptors (Lipinski definition) is 5. The molecule has 0 amide bonds. The zero-order valence-electron chi connectivity index (χ0n) is 17.0. The quantitative estimate of drug-likeness (QED) is 0.223. The Labute approximate surface area is 180 Å². The van der Waals surface area contributed by atoms with Crippen molar-refractivity contribution >= 4 is 29.9 Å². The molecule has 0 spiro atoms. The van der Waals surface area contributed by atoms with E-state index >= 15 is 0 Å². The van der Waals surface area contributed by atoms with Gasteiger partial charge in [-0.15, -0.1) is 34.2 Å². The number of rotatable bonds is 10. The Morgan fingerprint density at radius 3 is 2.74 bits per heavy atom. The van der Waals surface area contributed by atoms with Gasteiger partial charge in [-0.2, -0.15) is 0 Å². The van der Waals surface area contributed by atoms with Gasteiger partial charge in [0.2, 0.25) is 0 Å². The molecule has 1 aromatic rings. The van der Waals surface area contributed by atoms with Crippen LogP contribution in [0.1, 0.15) is 38.9 Å². The fraction of sp³-hybridized carbons (Fsp3) is 0.833. The first-order chi connectivity index (χ1) is 12.8. The molecule has 0 saturated carbocycles. The average Bonchev–Trinajstić information content (AvgIpc) is 3.11. The maximum Gasteiger partial charge on any atom is 0.191 e. The van der Waals surface area contributed by atoms with E-state index in [-0.39, 0.29) is 24.0 Å². The number of piperidine rings is 1. The summed E-state index contributed by atoms with van der Waals surface area (Å²) in [5, 5.41) is 15.1. The van der Waals surface area contributed by atoms with E-state index in [0.29, 0.717) is 6.04 Å². The highest BCUT2D eigenvalue weighted by Gasteiger charge is 2.19. The first-order valence-corrected chi connectivity index (χ1v) is 9.89. The maximum atomic E-state index is 5.14. The Morgan fingerprint density at radius 1 is 1.30 bits per heavy atom. The number of ether oxygens (including phenoxy) is 1. The van der Waals surface area contributed by atoms with Gasteiger partial charge < -0.3 is 24.8 Å². The van der Waals surface area contributed by atoms with Crippen molar-refractivity contribution in [2.45, 2.75) is 52.1 Å². The van der Waals surface area contributed by atoms with Crippen LogP contribution < -0.4 is 10.6 Å². The van der Waals surface area contributed by atoms with Gasteiger partial charge in [0, 0.05) is 58.9 Å². The fourth-order valence-corrected chi connectivity index (χ4v) is 3.26. The molecule has 2 heterocycles. The van der Waals surface area contributed by atoms with Crippen molar-refractivity contribution in [1.29, 1.82) is 0 Å². The molecule has 2 rings (SSSR count). The van der Waals surface area contributed by atoms with Crippen LogP contribution in [0.2, 0.25) is 0 Å². The lowest BCUT2D eigenvalue weighted by atomic mass is 10.1. The molecule has 1 aromatic heterocycles. The second kappa shape index (κ2) is 14.1. The zero-order valence-corrected chi connectivity index (χ0v) is 19.3. The number of aryl methyl sites for hydroxylation is 1. The van der Waals surface area contributed by atoms with E-state index in [1.165, 1.54) is 0 Å². The van der Waals surface area contributed by atoms with Crippen LogP contribution in [0, 0.1) is 0 Å². The molecule has 0 aromatic carbocycles. The zero-order chi connectivity index (χ0) is 18.6. The smallest absolute Gasteiger partial charge is 0.191 e. The van der Waals surface area contributed by atoms with Gasteiger partial charge in [-0.3, -0.25) is 4.99 Å². The van der Waals surface area contributed by atoms with Crippen LogP contribution in [0.5, 0.6) is 0 Å². The molecular formula is C18H36IN7O. The van der Waals surface area contributed by atoms with Gasteiger partial charge in [0.1, 0.15) is 12.2 Å². The average molecular weight is 493 g/mol. The summed E-state index contributed by atoms with van der Waals surface area (Å²) >= 11 is 0. The van der Waals surface area contributed by atoms with Gasteiger partial charge in [0.25, 0.3) is 0 Å². The van der Waals surface area contributed by atoms with Crippen molar-refractivity contribution in [1.82, 2.24) is 30.3 Å². The molecule has 1 saturated heterocycles. The summed E-state index contributed by atoms with van der Waals surface area (Å²) < 4.78 is 7.21. The van der Waals surface area contributed by atoms with Gasteiger partial charge in [0.15, 0.2) is 5.96 Å². The normalized spacial score (nSPS) is 16.2. The summed E-state index contributed by atoms with van der Waals surface area (Å²) in [5.41, 5.74) is 0. The van der Waals surface area contributed by atoms with Crippen LogP contribution in [-0.2, 0) is 17.7 Å². The van der Waals surface area contributed by atoms with E-state index in [0.717, 1.165) is 83.3 Å². The summed E-state index contributed by atoms with van der Waals surface area (Å²) in [6.07, 6.45) is 6.10. The van der Waals surface area contributed by atoms with Gasteiger partial charge in [-0.05, 0) is 26.2 Å². The van der Waals surface area contributed by atoms with Crippen molar-refractivity contribution in [3.8, 4) is 0 Å². The van der Waals surface area contributed by atoms with Crippen molar-refractivity contribution in [3.63, 3.8) is 0 Å².